The number of hydrogen-bond acceptors (Lipinski definition) is 5. The molecule has 0 spiro atoms. The summed E-state index contributed by atoms with van der Waals surface area (Å²) in [6, 6.07) is 3.77. The van der Waals surface area contributed by atoms with Gasteiger partial charge in [0.05, 0.1) is 18.1 Å². The summed E-state index contributed by atoms with van der Waals surface area (Å²) in [5.74, 6) is -0.112. The molecule has 0 aliphatic rings. The van der Waals surface area contributed by atoms with Crippen LogP contribution in [-0.2, 0) is 10.0 Å². The van der Waals surface area contributed by atoms with Crippen molar-refractivity contribution in [2.45, 2.75) is 4.90 Å². The Balaban J connectivity index is 2.30. The maximum absolute atomic E-state index is 13.0. The highest BCUT2D eigenvalue weighted by molar-refractivity contribution is 14.1. The van der Waals surface area contributed by atoms with Crippen LogP contribution in [-0.4, -0.2) is 25.4 Å². The fraction of sp³-hybridized carbons (Fsp3) is 0.0909. The summed E-state index contributed by atoms with van der Waals surface area (Å²) in [6.45, 7) is 0. The summed E-state index contributed by atoms with van der Waals surface area (Å²) in [4.78, 5) is 7.60. The smallest absolute Gasteiger partial charge is 0.265 e. The van der Waals surface area contributed by atoms with Gasteiger partial charge in [0.25, 0.3) is 10.0 Å². The summed E-state index contributed by atoms with van der Waals surface area (Å²) in [6.07, 6.45) is 2.38. The summed E-state index contributed by atoms with van der Waals surface area (Å²) in [7, 11) is -2.18. The maximum atomic E-state index is 13.0. The van der Waals surface area contributed by atoms with E-state index < -0.39 is 15.8 Å². The lowest BCUT2D eigenvalue weighted by Gasteiger charge is -2.09. The van der Waals surface area contributed by atoms with Crippen LogP contribution in [0.15, 0.2) is 35.5 Å². The molecule has 0 saturated carbocycles. The van der Waals surface area contributed by atoms with Crippen molar-refractivity contribution in [1.82, 2.24) is 9.97 Å². The standard InChI is InChI=1S/C11H10FIN4O2S/c1-14-11-15-5-8(6-16-11)20(18,19)17-10-3-2-7(12)4-9(10)13/h2-6,17H,1H3,(H,14,15,16). The van der Waals surface area contributed by atoms with Crippen molar-refractivity contribution < 1.29 is 12.8 Å². The van der Waals surface area contributed by atoms with Crippen molar-refractivity contribution in [1.29, 1.82) is 0 Å². The van der Waals surface area contributed by atoms with Gasteiger partial charge in [0, 0.05) is 10.6 Å². The minimum Gasteiger partial charge on any atom is -0.357 e. The molecule has 0 aliphatic heterocycles. The van der Waals surface area contributed by atoms with Gasteiger partial charge in [-0.05, 0) is 40.8 Å². The van der Waals surface area contributed by atoms with Crippen LogP contribution in [0, 0.1) is 9.39 Å². The maximum Gasteiger partial charge on any atom is 0.265 e. The SMILES string of the molecule is CNc1ncc(S(=O)(=O)Nc2ccc(F)cc2I)cn1. The third-order valence-electron chi connectivity index (χ3n) is 2.34. The number of nitrogens with one attached hydrogen (secondary N) is 2. The molecule has 106 valence electrons. The normalized spacial score (nSPS) is 11.2. The second-order valence-corrected chi connectivity index (χ2v) is 6.57. The van der Waals surface area contributed by atoms with Gasteiger partial charge in [0.2, 0.25) is 5.95 Å². The Morgan fingerprint density at radius 2 is 1.90 bits per heavy atom. The Kier molecular flexibility index (Phi) is 4.38. The highest BCUT2D eigenvalue weighted by Gasteiger charge is 2.17. The van der Waals surface area contributed by atoms with E-state index in [0.717, 1.165) is 0 Å². The van der Waals surface area contributed by atoms with Crippen LogP contribution in [0.4, 0.5) is 16.0 Å². The molecular weight excluding hydrogens is 398 g/mol. The minimum absolute atomic E-state index is 0.0726. The molecule has 9 heteroatoms. The summed E-state index contributed by atoms with van der Waals surface area (Å²) >= 11 is 1.85. The molecule has 1 aromatic heterocycles. The average molecular weight is 408 g/mol. The van der Waals surface area contributed by atoms with E-state index in [9.17, 15) is 12.8 Å². The fourth-order valence-electron chi connectivity index (χ4n) is 1.36. The quantitative estimate of drug-likeness (QED) is 0.757. The van der Waals surface area contributed by atoms with Gasteiger partial charge < -0.3 is 5.32 Å². The first kappa shape index (κ1) is 14.9. The Morgan fingerprint density at radius 1 is 1.25 bits per heavy atom. The van der Waals surface area contributed by atoms with E-state index in [4.69, 9.17) is 0 Å². The van der Waals surface area contributed by atoms with E-state index in [1.165, 1.54) is 30.6 Å². The van der Waals surface area contributed by atoms with E-state index in [-0.39, 0.29) is 4.90 Å². The molecule has 2 N–H and O–H groups in total. The van der Waals surface area contributed by atoms with Gasteiger partial charge in [0.15, 0.2) is 0 Å². The van der Waals surface area contributed by atoms with E-state index in [2.05, 4.69) is 20.0 Å². The van der Waals surface area contributed by atoms with E-state index in [1.807, 2.05) is 22.6 Å². The van der Waals surface area contributed by atoms with E-state index in [1.54, 1.807) is 7.05 Å². The molecule has 0 saturated heterocycles. The summed E-state index contributed by atoms with van der Waals surface area (Å²) in [5, 5.41) is 2.69. The predicted octanol–water partition coefficient (Wildman–Crippen LogP) is 2.06. The molecule has 0 aliphatic carbocycles. The first-order chi connectivity index (χ1) is 9.42. The highest BCUT2D eigenvalue weighted by Crippen LogP contribution is 2.22. The molecule has 0 radical (unpaired) electrons. The van der Waals surface area contributed by atoms with Crippen molar-refractivity contribution >= 4 is 44.2 Å². The Hall–Kier alpha value is -1.49. The highest BCUT2D eigenvalue weighted by atomic mass is 127. The zero-order chi connectivity index (χ0) is 14.8. The van der Waals surface area contributed by atoms with Gasteiger partial charge in [-0.2, -0.15) is 0 Å². The zero-order valence-corrected chi connectivity index (χ0v) is 13.2. The molecule has 0 unspecified atom stereocenters. The lowest BCUT2D eigenvalue weighted by molar-refractivity contribution is 0.600. The monoisotopic (exact) mass is 408 g/mol. The van der Waals surface area contributed by atoms with Crippen LogP contribution in [0.3, 0.4) is 0 Å². The van der Waals surface area contributed by atoms with Crippen LogP contribution >= 0.6 is 22.6 Å². The van der Waals surface area contributed by atoms with Gasteiger partial charge in [0.1, 0.15) is 10.7 Å². The minimum atomic E-state index is -3.80. The average Bonchev–Trinajstić information content (AvgIpc) is 2.42. The van der Waals surface area contributed by atoms with Crippen LogP contribution in [0.5, 0.6) is 0 Å². The molecular formula is C11H10FIN4O2S. The van der Waals surface area contributed by atoms with E-state index >= 15 is 0 Å². The Morgan fingerprint density at radius 3 is 2.45 bits per heavy atom. The topological polar surface area (TPSA) is 84.0 Å². The fourth-order valence-corrected chi connectivity index (χ4v) is 3.12. The molecule has 20 heavy (non-hydrogen) atoms. The Labute approximate surface area is 129 Å². The number of hydrogen-bond donors (Lipinski definition) is 2. The lowest BCUT2D eigenvalue weighted by atomic mass is 10.3. The van der Waals surface area contributed by atoms with Crippen LogP contribution in [0.25, 0.3) is 0 Å². The largest absolute Gasteiger partial charge is 0.357 e. The molecule has 1 aromatic carbocycles. The number of rotatable bonds is 4. The number of aromatic nitrogens is 2. The third-order valence-corrected chi connectivity index (χ3v) is 4.55. The molecule has 0 fully saturated rings. The van der Waals surface area contributed by atoms with Crippen molar-refractivity contribution in [3.8, 4) is 0 Å². The number of nitrogens with zero attached hydrogens (tertiary/aromatic N) is 2. The molecule has 2 rings (SSSR count). The van der Waals surface area contributed by atoms with Gasteiger partial charge in [-0.15, -0.1) is 0 Å². The van der Waals surface area contributed by atoms with Crippen molar-refractivity contribution in [3.63, 3.8) is 0 Å². The molecule has 0 amide bonds. The third kappa shape index (κ3) is 3.33. The molecule has 6 nitrogen and oxygen atoms in total. The number of sulfonamides is 1. The first-order valence-corrected chi connectivity index (χ1v) is 7.96. The number of anilines is 2. The lowest BCUT2D eigenvalue weighted by Crippen LogP contribution is -2.14. The molecule has 2 aromatic rings. The van der Waals surface area contributed by atoms with Gasteiger partial charge in [-0.3, -0.25) is 4.72 Å². The molecule has 0 bridgehead atoms. The predicted molar refractivity (Wildman–Crippen MR) is 81.5 cm³/mol. The van der Waals surface area contributed by atoms with Crippen LogP contribution in [0.1, 0.15) is 0 Å². The summed E-state index contributed by atoms with van der Waals surface area (Å²) in [5.41, 5.74) is 0.296. The van der Waals surface area contributed by atoms with Gasteiger partial charge in [-0.25, -0.2) is 22.8 Å². The number of halogens is 2. The molecule has 1 heterocycles. The zero-order valence-electron chi connectivity index (χ0n) is 10.3. The summed E-state index contributed by atoms with van der Waals surface area (Å²) < 4.78 is 40.1. The molecule has 0 atom stereocenters. The van der Waals surface area contributed by atoms with Crippen molar-refractivity contribution in [3.05, 3.63) is 40.0 Å². The van der Waals surface area contributed by atoms with Crippen LogP contribution in [0.2, 0.25) is 0 Å². The van der Waals surface area contributed by atoms with E-state index in [0.29, 0.717) is 15.2 Å². The first-order valence-electron chi connectivity index (χ1n) is 5.40. The number of benzene rings is 1. The van der Waals surface area contributed by atoms with Crippen molar-refractivity contribution in [2.75, 3.05) is 17.1 Å². The van der Waals surface area contributed by atoms with Gasteiger partial charge in [-0.1, -0.05) is 0 Å². The van der Waals surface area contributed by atoms with Crippen LogP contribution < -0.4 is 10.0 Å². The Bertz CT molecular complexity index is 722. The second-order valence-electron chi connectivity index (χ2n) is 3.72. The second kappa shape index (κ2) is 5.87. The van der Waals surface area contributed by atoms with Gasteiger partial charge >= 0.3 is 0 Å². The van der Waals surface area contributed by atoms with Crippen molar-refractivity contribution in [2.24, 2.45) is 0 Å².